The van der Waals surface area contributed by atoms with E-state index >= 15 is 0 Å². The first-order valence-electron chi connectivity index (χ1n) is 6.53. The highest BCUT2D eigenvalue weighted by Crippen LogP contribution is 2.31. The van der Waals surface area contributed by atoms with Gasteiger partial charge in [0.1, 0.15) is 10.7 Å². The first kappa shape index (κ1) is 13.7. The molecule has 0 aliphatic carbocycles. The smallest absolute Gasteiger partial charge is 0.267 e. The predicted molar refractivity (Wildman–Crippen MR) is 82.9 cm³/mol. The molecule has 7 heteroatoms. The first-order chi connectivity index (χ1) is 9.95. The second kappa shape index (κ2) is 4.92. The number of amides is 1. The van der Waals surface area contributed by atoms with Crippen LogP contribution in [0.2, 0.25) is 0 Å². The lowest BCUT2D eigenvalue weighted by atomic mass is 10.1. The van der Waals surface area contributed by atoms with Gasteiger partial charge in [-0.15, -0.1) is 11.3 Å². The van der Waals surface area contributed by atoms with E-state index in [-0.39, 0.29) is 5.91 Å². The van der Waals surface area contributed by atoms with Gasteiger partial charge in [0.15, 0.2) is 5.82 Å². The van der Waals surface area contributed by atoms with E-state index in [0.717, 1.165) is 33.0 Å². The number of carbonyl (C=O) groups is 1. The van der Waals surface area contributed by atoms with Crippen molar-refractivity contribution >= 4 is 33.3 Å². The number of anilines is 1. The standard InChI is InChI=1S/C14H15N5OS/c1-6-5-10(19-18-6)17-13(20)12-7(2)11-8(3)15-9(4)16-14(11)21-12/h5H,1-4H3,(H2,17,18,19,20). The molecule has 0 aliphatic rings. The zero-order chi connectivity index (χ0) is 15.1. The van der Waals surface area contributed by atoms with Gasteiger partial charge in [0, 0.05) is 22.8 Å². The van der Waals surface area contributed by atoms with Crippen LogP contribution in [0, 0.1) is 27.7 Å². The van der Waals surface area contributed by atoms with E-state index in [1.54, 1.807) is 6.07 Å². The number of aryl methyl sites for hydroxylation is 4. The minimum atomic E-state index is -0.168. The van der Waals surface area contributed by atoms with E-state index in [1.807, 2.05) is 27.7 Å². The van der Waals surface area contributed by atoms with Crippen molar-refractivity contribution in [2.45, 2.75) is 27.7 Å². The fourth-order valence-corrected chi connectivity index (χ4v) is 3.52. The van der Waals surface area contributed by atoms with E-state index in [2.05, 4.69) is 25.5 Å². The van der Waals surface area contributed by atoms with Crippen LogP contribution in [0.4, 0.5) is 5.82 Å². The van der Waals surface area contributed by atoms with Crippen LogP contribution in [0.3, 0.4) is 0 Å². The van der Waals surface area contributed by atoms with Gasteiger partial charge < -0.3 is 5.32 Å². The van der Waals surface area contributed by atoms with Crippen LogP contribution in [-0.4, -0.2) is 26.1 Å². The summed E-state index contributed by atoms with van der Waals surface area (Å²) < 4.78 is 0. The summed E-state index contributed by atoms with van der Waals surface area (Å²) in [6.45, 7) is 7.60. The molecule has 3 aromatic heterocycles. The van der Waals surface area contributed by atoms with Gasteiger partial charge in [0.2, 0.25) is 0 Å². The molecule has 108 valence electrons. The van der Waals surface area contributed by atoms with E-state index < -0.39 is 0 Å². The van der Waals surface area contributed by atoms with E-state index in [4.69, 9.17) is 0 Å². The second-order valence-electron chi connectivity index (χ2n) is 4.98. The monoisotopic (exact) mass is 301 g/mol. The summed E-state index contributed by atoms with van der Waals surface area (Å²) in [6.07, 6.45) is 0. The average Bonchev–Trinajstić information content (AvgIpc) is 2.93. The molecule has 0 aromatic carbocycles. The molecule has 0 saturated carbocycles. The number of nitrogens with one attached hydrogen (secondary N) is 2. The molecule has 0 bridgehead atoms. The quantitative estimate of drug-likeness (QED) is 0.762. The Labute approximate surface area is 125 Å². The average molecular weight is 301 g/mol. The Kier molecular flexibility index (Phi) is 3.21. The Morgan fingerprint density at radius 1 is 1.24 bits per heavy atom. The molecule has 3 heterocycles. The van der Waals surface area contributed by atoms with E-state index in [0.29, 0.717) is 10.7 Å². The van der Waals surface area contributed by atoms with Crippen LogP contribution >= 0.6 is 11.3 Å². The minimum Gasteiger partial charge on any atom is -0.304 e. The van der Waals surface area contributed by atoms with Crippen molar-refractivity contribution in [1.29, 1.82) is 0 Å². The summed E-state index contributed by atoms with van der Waals surface area (Å²) in [6, 6.07) is 1.79. The van der Waals surface area contributed by atoms with Crippen LogP contribution in [0.5, 0.6) is 0 Å². The van der Waals surface area contributed by atoms with Crippen molar-refractivity contribution in [3.8, 4) is 0 Å². The molecule has 0 aliphatic heterocycles. The normalized spacial score (nSPS) is 11.0. The second-order valence-corrected chi connectivity index (χ2v) is 5.98. The summed E-state index contributed by atoms with van der Waals surface area (Å²) in [5.41, 5.74) is 2.72. The summed E-state index contributed by atoms with van der Waals surface area (Å²) in [5, 5.41) is 10.6. The number of thiophene rings is 1. The van der Waals surface area contributed by atoms with Crippen LogP contribution in [0.15, 0.2) is 6.07 Å². The molecule has 3 rings (SSSR count). The lowest BCUT2D eigenvalue weighted by molar-refractivity contribution is 0.102. The van der Waals surface area contributed by atoms with Crippen LogP contribution in [-0.2, 0) is 0 Å². The SMILES string of the molecule is Cc1nc(C)c2c(C)c(C(=O)Nc3cc(C)[nH]n3)sc2n1. The Hall–Kier alpha value is -2.28. The Bertz CT molecular complexity index is 849. The Balaban J connectivity index is 2.02. The maximum atomic E-state index is 12.4. The molecule has 0 unspecified atom stereocenters. The molecule has 0 spiro atoms. The van der Waals surface area contributed by atoms with Crippen molar-refractivity contribution in [2.75, 3.05) is 5.32 Å². The number of carbonyl (C=O) groups excluding carboxylic acids is 1. The number of aromatic amines is 1. The van der Waals surface area contributed by atoms with Gasteiger partial charge in [-0.3, -0.25) is 9.89 Å². The van der Waals surface area contributed by atoms with Gasteiger partial charge in [-0.1, -0.05) is 0 Å². The van der Waals surface area contributed by atoms with Crippen LogP contribution < -0.4 is 5.32 Å². The molecule has 2 N–H and O–H groups in total. The van der Waals surface area contributed by atoms with Gasteiger partial charge in [0.25, 0.3) is 5.91 Å². The van der Waals surface area contributed by atoms with Crippen molar-refractivity contribution in [3.05, 3.63) is 33.7 Å². The molecule has 21 heavy (non-hydrogen) atoms. The zero-order valence-corrected chi connectivity index (χ0v) is 13.1. The Morgan fingerprint density at radius 3 is 2.67 bits per heavy atom. The maximum absolute atomic E-state index is 12.4. The van der Waals surface area contributed by atoms with Crippen LogP contribution in [0.25, 0.3) is 10.2 Å². The largest absolute Gasteiger partial charge is 0.304 e. The van der Waals surface area contributed by atoms with Crippen molar-refractivity contribution in [3.63, 3.8) is 0 Å². The molecule has 6 nitrogen and oxygen atoms in total. The van der Waals surface area contributed by atoms with Gasteiger partial charge in [-0.05, 0) is 33.3 Å². The van der Waals surface area contributed by atoms with Crippen LogP contribution in [0.1, 0.15) is 32.4 Å². The molecule has 3 aromatic rings. The zero-order valence-electron chi connectivity index (χ0n) is 12.2. The fraction of sp³-hybridized carbons (Fsp3) is 0.286. The van der Waals surface area contributed by atoms with Crippen molar-refractivity contribution < 1.29 is 4.79 Å². The number of fused-ring (bicyclic) bond motifs is 1. The van der Waals surface area contributed by atoms with Gasteiger partial charge in [-0.25, -0.2) is 9.97 Å². The summed E-state index contributed by atoms with van der Waals surface area (Å²) in [4.78, 5) is 22.7. The number of aromatic nitrogens is 4. The highest BCUT2D eigenvalue weighted by Gasteiger charge is 2.19. The number of hydrogen-bond acceptors (Lipinski definition) is 5. The Morgan fingerprint density at radius 2 is 2.00 bits per heavy atom. The first-order valence-corrected chi connectivity index (χ1v) is 7.35. The topological polar surface area (TPSA) is 83.6 Å². The fourth-order valence-electron chi connectivity index (χ4n) is 2.35. The number of hydrogen-bond donors (Lipinski definition) is 2. The molecule has 0 atom stereocenters. The number of nitrogens with zero attached hydrogens (tertiary/aromatic N) is 3. The third kappa shape index (κ3) is 2.40. The third-order valence-corrected chi connectivity index (χ3v) is 4.42. The van der Waals surface area contributed by atoms with Crippen molar-refractivity contribution in [2.24, 2.45) is 0 Å². The third-order valence-electron chi connectivity index (χ3n) is 3.24. The number of rotatable bonds is 2. The van der Waals surface area contributed by atoms with Crippen molar-refractivity contribution in [1.82, 2.24) is 20.2 Å². The minimum absolute atomic E-state index is 0.168. The predicted octanol–water partition coefficient (Wildman–Crippen LogP) is 2.90. The van der Waals surface area contributed by atoms with E-state index in [1.165, 1.54) is 11.3 Å². The maximum Gasteiger partial charge on any atom is 0.267 e. The summed E-state index contributed by atoms with van der Waals surface area (Å²) in [5.74, 6) is 1.07. The van der Waals surface area contributed by atoms with Gasteiger partial charge in [-0.2, -0.15) is 5.10 Å². The lowest BCUT2D eigenvalue weighted by Crippen LogP contribution is -2.11. The van der Waals surface area contributed by atoms with Gasteiger partial charge >= 0.3 is 0 Å². The molecular weight excluding hydrogens is 286 g/mol. The lowest BCUT2D eigenvalue weighted by Gasteiger charge is -2.01. The van der Waals surface area contributed by atoms with E-state index in [9.17, 15) is 4.79 Å². The summed E-state index contributed by atoms with van der Waals surface area (Å²) >= 11 is 1.39. The highest BCUT2D eigenvalue weighted by molar-refractivity contribution is 7.20. The highest BCUT2D eigenvalue weighted by atomic mass is 32.1. The molecular formula is C14H15N5OS. The molecule has 0 fully saturated rings. The molecule has 1 amide bonds. The van der Waals surface area contributed by atoms with Gasteiger partial charge in [0.05, 0.1) is 4.88 Å². The summed E-state index contributed by atoms with van der Waals surface area (Å²) in [7, 11) is 0. The molecule has 0 saturated heterocycles. The number of H-pyrrole nitrogens is 1. The molecule has 0 radical (unpaired) electrons.